The van der Waals surface area contributed by atoms with Gasteiger partial charge in [0.2, 0.25) is 0 Å². The van der Waals surface area contributed by atoms with Gasteiger partial charge in [-0.05, 0) is 17.7 Å². The van der Waals surface area contributed by atoms with E-state index in [-0.39, 0.29) is 5.84 Å². The van der Waals surface area contributed by atoms with Crippen LogP contribution in [0.4, 0.5) is 0 Å². The van der Waals surface area contributed by atoms with Crippen LogP contribution in [-0.4, -0.2) is 25.0 Å². The highest BCUT2D eigenvalue weighted by atomic mass is 16.8. The van der Waals surface area contributed by atoms with Gasteiger partial charge in [0, 0.05) is 5.92 Å². The van der Waals surface area contributed by atoms with Crippen LogP contribution in [0.2, 0.25) is 0 Å². The number of amidine groups is 1. The van der Waals surface area contributed by atoms with Crippen molar-refractivity contribution in [2.45, 2.75) is 11.8 Å². The van der Waals surface area contributed by atoms with Gasteiger partial charge in [-0.25, -0.2) is 4.99 Å². The first-order valence-electron chi connectivity index (χ1n) is 7.08. The first-order valence-corrected chi connectivity index (χ1v) is 7.08. The highest BCUT2D eigenvalue weighted by Crippen LogP contribution is 2.82. The quantitative estimate of drug-likeness (QED) is 0.815. The molecular formula is C16H11N5O2. The van der Waals surface area contributed by atoms with Gasteiger partial charge in [-0.15, -0.1) is 0 Å². The Morgan fingerprint density at radius 1 is 1.09 bits per heavy atom. The molecule has 0 aromatic heterocycles. The lowest BCUT2D eigenvalue weighted by molar-refractivity contribution is -0.184. The molecule has 7 heteroatoms. The molecule has 4 rings (SSSR count). The Labute approximate surface area is 132 Å². The summed E-state index contributed by atoms with van der Waals surface area (Å²) in [5, 5.41) is 28.6. The number of nitriles is 3. The highest BCUT2D eigenvalue weighted by molar-refractivity contribution is 6.00. The first-order chi connectivity index (χ1) is 11.1. The molecule has 3 unspecified atom stereocenters. The van der Waals surface area contributed by atoms with E-state index in [0.717, 1.165) is 5.56 Å². The summed E-state index contributed by atoms with van der Waals surface area (Å²) in [5.74, 6) is -1.95. The number of nitrogens with zero attached hydrogens (tertiary/aromatic N) is 4. The van der Waals surface area contributed by atoms with Crippen LogP contribution >= 0.6 is 0 Å². The minimum atomic E-state index is -1.51. The summed E-state index contributed by atoms with van der Waals surface area (Å²) in [6.07, 6.45) is 0. The van der Waals surface area contributed by atoms with E-state index in [4.69, 9.17) is 20.5 Å². The normalized spacial score (nSPS) is 35.7. The SMILES string of the molecule is N#Cc1ccc(C2C3(C#N)C(N)=NC4(OCCO4)C23C#N)cc1. The first kappa shape index (κ1) is 13.7. The maximum absolute atomic E-state index is 9.90. The summed E-state index contributed by atoms with van der Waals surface area (Å²) >= 11 is 0. The van der Waals surface area contributed by atoms with E-state index < -0.39 is 22.7 Å². The number of hydrogen-bond donors (Lipinski definition) is 1. The van der Waals surface area contributed by atoms with E-state index in [9.17, 15) is 10.5 Å². The van der Waals surface area contributed by atoms with Crippen LogP contribution in [0.25, 0.3) is 0 Å². The van der Waals surface area contributed by atoms with Gasteiger partial charge in [0.15, 0.2) is 5.41 Å². The van der Waals surface area contributed by atoms with Gasteiger partial charge in [0.1, 0.15) is 11.3 Å². The molecule has 0 bridgehead atoms. The smallest absolute Gasteiger partial charge is 0.293 e. The third-order valence-corrected chi connectivity index (χ3v) is 4.98. The molecule has 3 atom stereocenters. The van der Waals surface area contributed by atoms with Gasteiger partial charge >= 0.3 is 0 Å². The zero-order chi connectivity index (χ0) is 16.3. The van der Waals surface area contributed by atoms with Crippen molar-refractivity contribution < 1.29 is 9.47 Å². The van der Waals surface area contributed by atoms with Crippen LogP contribution in [0.3, 0.4) is 0 Å². The van der Waals surface area contributed by atoms with Crippen molar-refractivity contribution in [1.82, 2.24) is 0 Å². The van der Waals surface area contributed by atoms with Gasteiger partial charge in [0.05, 0.1) is 37.0 Å². The van der Waals surface area contributed by atoms with Gasteiger partial charge in [-0.2, -0.15) is 15.8 Å². The molecule has 0 radical (unpaired) electrons. The largest absolute Gasteiger partial charge is 0.386 e. The summed E-state index contributed by atoms with van der Waals surface area (Å²) in [4.78, 5) is 4.20. The van der Waals surface area contributed by atoms with Crippen molar-refractivity contribution in [2.75, 3.05) is 13.2 Å². The predicted molar refractivity (Wildman–Crippen MR) is 76.2 cm³/mol. The molecule has 1 aromatic rings. The molecular weight excluding hydrogens is 294 g/mol. The number of rotatable bonds is 1. The Balaban J connectivity index is 1.89. The fraction of sp³-hybridized carbons (Fsp3) is 0.375. The van der Waals surface area contributed by atoms with Crippen LogP contribution in [-0.2, 0) is 9.47 Å². The number of nitrogens with two attached hydrogens (primary N) is 1. The highest BCUT2D eigenvalue weighted by Gasteiger charge is 2.94. The van der Waals surface area contributed by atoms with Crippen LogP contribution in [0, 0.1) is 44.8 Å². The lowest BCUT2D eigenvalue weighted by Gasteiger charge is -2.25. The van der Waals surface area contributed by atoms with Crippen LogP contribution < -0.4 is 5.73 Å². The Hall–Kier alpha value is -2.92. The van der Waals surface area contributed by atoms with E-state index in [1.165, 1.54) is 0 Å². The number of hydrogen-bond acceptors (Lipinski definition) is 7. The minimum absolute atomic E-state index is 0.0674. The van der Waals surface area contributed by atoms with Crippen LogP contribution in [0.5, 0.6) is 0 Å². The Kier molecular flexibility index (Phi) is 2.44. The third-order valence-electron chi connectivity index (χ3n) is 4.98. The predicted octanol–water partition coefficient (Wildman–Crippen LogP) is 0.747. The van der Waals surface area contributed by atoms with Crippen LogP contribution in [0.15, 0.2) is 29.3 Å². The molecule has 23 heavy (non-hydrogen) atoms. The van der Waals surface area contributed by atoms with Crippen LogP contribution in [0.1, 0.15) is 17.0 Å². The Bertz CT molecular complexity index is 850. The van der Waals surface area contributed by atoms with E-state index in [1.54, 1.807) is 24.3 Å². The molecule has 1 aromatic carbocycles. The summed E-state index contributed by atoms with van der Waals surface area (Å²) in [7, 11) is 0. The third kappa shape index (κ3) is 1.24. The van der Waals surface area contributed by atoms with Gasteiger partial charge in [-0.1, -0.05) is 12.1 Å². The topological polar surface area (TPSA) is 128 Å². The molecule has 7 nitrogen and oxygen atoms in total. The molecule has 1 spiro atoms. The zero-order valence-electron chi connectivity index (χ0n) is 12.0. The Morgan fingerprint density at radius 3 is 2.26 bits per heavy atom. The molecule has 1 saturated heterocycles. The molecule has 1 aliphatic carbocycles. The fourth-order valence-corrected chi connectivity index (χ4v) is 3.97. The molecule has 3 aliphatic rings. The Morgan fingerprint density at radius 2 is 1.74 bits per heavy atom. The summed E-state index contributed by atoms with van der Waals surface area (Å²) in [6.45, 7) is 0.587. The van der Waals surface area contributed by atoms with Crippen molar-refractivity contribution >= 4 is 5.84 Å². The second-order valence-corrected chi connectivity index (χ2v) is 5.78. The van der Waals surface area contributed by atoms with Crippen molar-refractivity contribution in [3.05, 3.63) is 35.4 Å². The maximum atomic E-state index is 9.90. The van der Waals surface area contributed by atoms with E-state index in [0.29, 0.717) is 18.8 Å². The molecule has 1 saturated carbocycles. The molecule has 2 heterocycles. The second kappa shape index (κ2) is 4.08. The molecule has 0 amide bonds. The number of benzene rings is 1. The standard InChI is InChI=1S/C16H11N5O2/c17-7-10-1-3-11(4-2-10)12-14(8-18)13(20)21-16(15(12,14)9-19)22-5-6-23-16/h1-4,12H,5-6H2,(H2,20,21). The van der Waals surface area contributed by atoms with Crippen molar-refractivity contribution in [3.8, 4) is 18.2 Å². The monoisotopic (exact) mass is 305 g/mol. The number of aliphatic imine (C=N–C) groups is 1. The number of fused-ring (bicyclic) bond motifs is 2. The lowest BCUT2D eigenvalue weighted by Crippen LogP contribution is -2.38. The van der Waals surface area contributed by atoms with E-state index in [2.05, 4.69) is 17.1 Å². The number of ether oxygens (including phenoxy) is 2. The molecule has 112 valence electrons. The average molecular weight is 305 g/mol. The zero-order valence-corrected chi connectivity index (χ0v) is 12.0. The lowest BCUT2D eigenvalue weighted by atomic mass is 9.94. The van der Waals surface area contributed by atoms with Crippen molar-refractivity contribution in [1.29, 1.82) is 15.8 Å². The fourth-order valence-electron chi connectivity index (χ4n) is 3.97. The summed E-state index contributed by atoms with van der Waals surface area (Å²) in [6, 6.07) is 13.2. The van der Waals surface area contributed by atoms with Gasteiger partial charge in [-0.3, -0.25) is 0 Å². The summed E-state index contributed by atoms with van der Waals surface area (Å²) < 4.78 is 11.3. The molecule has 2 fully saturated rings. The van der Waals surface area contributed by atoms with Crippen molar-refractivity contribution in [3.63, 3.8) is 0 Å². The van der Waals surface area contributed by atoms with Gasteiger partial charge < -0.3 is 15.2 Å². The molecule has 2 N–H and O–H groups in total. The maximum Gasteiger partial charge on any atom is 0.293 e. The molecule has 2 aliphatic heterocycles. The van der Waals surface area contributed by atoms with E-state index >= 15 is 0 Å². The average Bonchev–Trinajstić information content (AvgIpc) is 2.83. The van der Waals surface area contributed by atoms with E-state index in [1.807, 2.05) is 6.07 Å². The van der Waals surface area contributed by atoms with Gasteiger partial charge in [0.25, 0.3) is 5.91 Å². The minimum Gasteiger partial charge on any atom is -0.386 e. The van der Waals surface area contributed by atoms with Crippen molar-refractivity contribution in [2.24, 2.45) is 21.6 Å². The second-order valence-electron chi connectivity index (χ2n) is 5.78. The summed E-state index contributed by atoms with van der Waals surface area (Å²) in [5.41, 5.74) is 4.70.